The number of benzene rings is 1. The Hall–Kier alpha value is -2.51. The van der Waals surface area contributed by atoms with Crippen LogP contribution in [0.3, 0.4) is 0 Å². The molecule has 0 atom stereocenters. The Morgan fingerprint density at radius 2 is 1.70 bits per heavy atom. The number of carbonyl (C=O) groups excluding carboxylic acids is 2. The van der Waals surface area contributed by atoms with E-state index in [1.807, 2.05) is 0 Å². The van der Waals surface area contributed by atoms with Crippen molar-refractivity contribution < 1.29 is 27.5 Å². The number of piperazine rings is 1. The Bertz CT molecular complexity index is 629. The Labute approximate surface area is 130 Å². The van der Waals surface area contributed by atoms with Crippen molar-refractivity contribution in [2.45, 2.75) is 0 Å². The highest BCUT2D eigenvalue weighted by atomic mass is 19.2. The van der Waals surface area contributed by atoms with Crippen LogP contribution < -0.4 is 0 Å². The summed E-state index contributed by atoms with van der Waals surface area (Å²) in [4.78, 5) is 26.5. The third-order valence-electron chi connectivity index (χ3n) is 3.42. The summed E-state index contributed by atoms with van der Waals surface area (Å²) < 4.78 is 44.6. The summed E-state index contributed by atoms with van der Waals surface area (Å²) >= 11 is 0. The molecule has 2 amide bonds. The van der Waals surface area contributed by atoms with Crippen LogP contribution in [0.1, 0.15) is 10.4 Å². The fourth-order valence-electron chi connectivity index (χ4n) is 2.18. The molecule has 0 aromatic heterocycles. The van der Waals surface area contributed by atoms with Gasteiger partial charge in [0.2, 0.25) is 0 Å². The predicted octanol–water partition coefficient (Wildman–Crippen LogP) is 2.18. The third-order valence-corrected chi connectivity index (χ3v) is 3.42. The average Bonchev–Trinajstić information content (AvgIpc) is 2.57. The van der Waals surface area contributed by atoms with Crippen molar-refractivity contribution in [2.24, 2.45) is 0 Å². The molecule has 1 aliphatic heterocycles. The fraction of sp³-hybridized carbons (Fsp3) is 0.333. The second-order valence-electron chi connectivity index (χ2n) is 4.87. The molecule has 2 rings (SSSR count). The molecule has 0 bridgehead atoms. The summed E-state index contributed by atoms with van der Waals surface area (Å²) in [5, 5.41) is 0. The number of amides is 2. The maximum Gasteiger partial charge on any atom is 0.410 e. The number of hydrogen-bond acceptors (Lipinski definition) is 3. The van der Waals surface area contributed by atoms with Gasteiger partial charge in [-0.1, -0.05) is 12.7 Å². The van der Waals surface area contributed by atoms with E-state index < -0.39 is 35.0 Å². The van der Waals surface area contributed by atoms with Gasteiger partial charge in [-0.25, -0.2) is 18.0 Å². The lowest BCUT2D eigenvalue weighted by molar-refractivity contribution is 0.0576. The van der Waals surface area contributed by atoms with E-state index in [9.17, 15) is 22.8 Å². The first kappa shape index (κ1) is 16.9. The molecule has 8 heteroatoms. The van der Waals surface area contributed by atoms with Crippen LogP contribution in [0.2, 0.25) is 0 Å². The first-order valence-electron chi connectivity index (χ1n) is 6.91. The maximum absolute atomic E-state index is 13.7. The molecule has 0 radical (unpaired) electrons. The lowest BCUT2D eigenvalue weighted by atomic mass is 10.1. The maximum atomic E-state index is 13.7. The highest BCUT2D eigenvalue weighted by molar-refractivity contribution is 5.94. The zero-order chi connectivity index (χ0) is 17.0. The van der Waals surface area contributed by atoms with Crippen molar-refractivity contribution in [3.8, 4) is 0 Å². The molecule has 5 nitrogen and oxygen atoms in total. The van der Waals surface area contributed by atoms with Gasteiger partial charge in [-0.15, -0.1) is 0 Å². The number of halogens is 3. The van der Waals surface area contributed by atoms with E-state index in [1.54, 1.807) is 0 Å². The van der Waals surface area contributed by atoms with Crippen LogP contribution in [0.4, 0.5) is 18.0 Å². The molecule has 1 saturated heterocycles. The van der Waals surface area contributed by atoms with Gasteiger partial charge >= 0.3 is 6.09 Å². The Morgan fingerprint density at radius 1 is 1.09 bits per heavy atom. The molecule has 23 heavy (non-hydrogen) atoms. The van der Waals surface area contributed by atoms with E-state index in [0.717, 1.165) is 6.07 Å². The van der Waals surface area contributed by atoms with Crippen molar-refractivity contribution in [3.63, 3.8) is 0 Å². The molecule has 1 aromatic carbocycles. The summed E-state index contributed by atoms with van der Waals surface area (Å²) in [5.74, 6) is -5.29. The van der Waals surface area contributed by atoms with Gasteiger partial charge in [0.15, 0.2) is 17.5 Å². The SMILES string of the molecule is C=CCOC(=O)N1CCN(C(=O)c2ccc(F)c(F)c2F)CC1. The second kappa shape index (κ2) is 7.17. The van der Waals surface area contributed by atoms with Crippen molar-refractivity contribution in [1.29, 1.82) is 0 Å². The van der Waals surface area contributed by atoms with E-state index in [1.165, 1.54) is 15.9 Å². The quantitative estimate of drug-likeness (QED) is 0.631. The lowest BCUT2D eigenvalue weighted by Gasteiger charge is -2.34. The van der Waals surface area contributed by atoms with E-state index >= 15 is 0 Å². The van der Waals surface area contributed by atoms with E-state index in [0.29, 0.717) is 6.07 Å². The number of nitrogens with zero attached hydrogens (tertiary/aromatic N) is 2. The number of carbonyl (C=O) groups is 2. The van der Waals surface area contributed by atoms with Crippen LogP contribution in [-0.4, -0.2) is 54.6 Å². The third kappa shape index (κ3) is 3.64. The highest BCUT2D eigenvalue weighted by Gasteiger charge is 2.28. The molecular formula is C15H15F3N2O3. The fourth-order valence-corrected chi connectivity index (χ4v) is 2.18. The zero-order valence-electron chi connectivity index (χ0n) is 12.2. The molecular weight excluding hydrogens is 313 g/mol. The van der Waals surface area contributed by atoms with Crippen LogP contribution >= 0.6 is 0 Å². The molecule has 0 aliphatic carbocycles. The lowest BCUT2D eigenvalue weighted by Crippen LogP contribution is -2.50. The number of ether oxygens (including phenoxy) is 1. The van der Waals surface area contributed by atoms with E-state index in [4.69, 9.17) is 4.74 Å². The van der Waals surface area contributed by atoms with Crippen molar-refractivity contribution in [1.82, 2.24) is 9.80 Å². The minimum Gasteiger partial charge on any atom is -0.445 e. The Morgan fingerprint density at radius 3 is 2.30 bits per heavy atom. The highest BCUT2D eigenvalue weighted by Crippen LogP contribution is 2.18. The Balaban J connectivity index is 2.00. The topological polar surface area (TPSA) is 49.9 Å². The number of rotatable bonds is 3. The molecule has 0 spiro atoms. The van der Waals surface area contributed by atoms with Crippen LogP contribution in [0.15, 0.2) is 24.8 Å². The smallest absolute Gasteiger partial charge is 0.410 e. The molecule has 0 saturated carbocycles. The minimum absolute atomic E-state index is 0.0814. The van der Waals surface area contributed by atoms with Crippen molar-refractivity contribution in [3.05, 3.63) is 47.8 Å². The van der Waals surface area contributed by atoms with Crippen molar-refractivity contribution in [2.75, 3.05) is 32.8 Å². The van der Waals surface area contributed by atoms with Gasteiger partial charge in [0.1, 0.15) is 6.61 Å². The summed E-state index contributed by atoms with van der Waals surface area (Å²) in [6, 6.07) is 1.61. The zero-order valence-corrected chi connectivity index (χ0v) is 12.2. The summed E-state index contributed by atoms with van der Waals surface area (Å²) in [5.41, 5.74) is -0.536. The molecule has 1 aliphatic rings. The first-order chi connectivity index (χ1) is 11.0. The molecule has 0 unspecified atom stereocenters. The summed E-state index contributed by atoms with van der Waals surface area (Å²) in [7, 11) is 0. The van der Waals surface area contributed by atoms with Crippen LogP contribution in [0.25, 0.3) is 0 Å². The van der Waals surface area contributed by atoms with Gasteiger partial charge in [-0.05, 0) is 12.1 Å². The van der Waals surface area contributed by atoms with Crippen LogP contribution in [-0.2, 0) is 4.74 Å². The van der Waals surface area contributed by atoms with Gasteiger partial charge < -0.3 is 14.5 Å². The minimum atomic E-state index is -1.68. The van der Waals surface area contributed by atoms with Crippen LogP contribution in [0.5, 0.6) is 0 Å². The Kier molecular flexibility index (Phi) is 5.25. The molecule has 1 fully saturated rings. The average molecular weight is 328 g/mol. The molecule has 0 N–H and O–H groups in total. The standard InChI is InChI=1S/C15H15F3N2O3/c1-2-9-23-15(22)20-7-5-19(6-8-20)14(21)10-3-4-11(16)13(18)12(10)17/h2-4H,1,5-9H2. The predicted molar refractivity (Wildman–Crippen MR) is 75.3 cm³/mol. The molecule has 124 valence electrons. The van der Waals surface area contributed by atoms with Gasteiger partial charge in [0.05, 0.1) is 5.56 Å². The first-order valence-corrected chi connectivity index (χ1v) is 6.91. The van der Waals surface area contributed by atoms with Gasteiger partial charge in [0.25, 0.3) is 5.91 Å². The van der Waals surface area contributed by atoms with Gasteiger partial charge in [-0.2, -0.15) is 0 Å². The molecule has 1 aromatic rings. The monoisotopic (exact) mass is 328 g/mol. The summed E-state index contributed by atoms with van der Waals surface area (Å²) in [6.07, 6.45) is 0.903. The summed E-state index contributed by atoms with van der Waals surface area (Å²) in [6.45, 7) is 4.19. The molecule has 1 heterocycles. The van der Waals surface area contributed by atoms with E-state index in [-0.39, 0.29) is 32.8 Å². The van der Waals surface area contributed by atoms with Gasteiger partial charge in [0, 0.05) is 26.2 Å². The van der Waals surface area contributed by atoms with Crippen molar-refractivity contribution >= 4 is 12.0 Å². The second-order valence-corrected chi connectivity index (χ2v) is 4.87. The van der Waals surface area contributed by atoms with Gasteiger partial charge in [-0.3, -0.25) is 4.79 Å². The van der Waals surface area contributed by atoms with Crippen LogP contribution in [0, 0.1) is 17.5 Å². The van der Waals surface area contributed by atoms with E-state index in [2.05, 4.69) is 6.58 Å². The normalized spacial score (nSPS) is 14.6. The number of hydrogen-bond donors (Lipinski definition) is 0. The largest absolute Gasteiger partial charge is 0.445 e.